The van der Waals surface area contributed by atoms with E-state index in [1.165, 1.54) is 6.92 Å². The first kappa shape index (κ1) is 16.4. The first-order valence-electron chi connectivity index (χ1n) is 27.2. The molecular weight excluding hydrogens is 641 g/mol. The van der Waals surface area contributed by atoms with Gasteiger partial charge in [0.15, 0.2) is 0 Å². The highest BCUT2D eigenvalue weighted by molar-refractivity contribution is 6.10. The summed E-state index contributed by atoms with van der Waals surface area (Å²) in [4.78, 5) is 0.819. The number of anilines is 3. The summed E-state index contributed by atoms with van der Waals surface area (Å²) in [5.41, 5.74) is -4.74. The Morgan fingerprint density at radius 3 is 2.17 bits per heavy atom. The Balaban J connectivity index is 1.38. The number of rotatable bonds is 6. The van der Waals surface area contributed by atoms with Crippen LogP contribution in [0, 0.1) is 0 Å². The molecule has 10 rings (SSSR count). The fourth-order valence-electron chi connectivity index (χ4n) is 7.18. The average Bonchev–Trinajstić information content (AvgIpc) is 3.86. The Kier molecular flexibility index (Phi) is 3.78. The molecule has 8 aromatic carbocycles. The molecule has 53 heavy (non-hydrogen) atoms. The van der Waals surface area contributed by atoms with E-state index in [-0.39, 0.29) is 27.8 Å². The van der Waals surface area contributed by atoms with Crippen LogP contribution in [0.3, 0.4) is 0 Å². The molecule has 2 heteroatoms. The lowest BCUT2D eigenvalue weighted by atomic mass is 9.82. The van der Waals surface area contributed by atoms with Gasteiger partial charge in [0.2, 0.25) is 0 Å². The lowest BCUT2D eigenvalue weighted by molar-refractivity contribution is 0.660. The Morgan fingerprint density at radius 1 is 0.528 bits per heavy atom. The van der Waals surface area contributed by atoms with Gasteiger partial charge in [0.25, 0.3) is 0 Å². The molecule has 2 nitrogen and oxygen atoms in total. The minimum Gasteiger partial charge on any atom is -0.310 e. The van der Waals surface area contributed by atoms with Crippen molar-refractivity contribution < 1.29 is 28.8 Å². The molecule has 0 saturated heterocycles. The van der Waals surface area contributed by atoms with E-state index in [0.29, 0.717) is 5.39 Å². The van der Waals surface area contributed by atoms with E-state index in [2.05, 4.69) is 0 Å². The summed E-state index contributed by atoms with van der Waals surface area (Å²) in [5, 5.41) is 1.43. The maximum Gasteiger partial charge on any atom is 0.0651 e. The summed E-state index contributed by atoms with van der Waals surface area (Å²) in [7, 11) is 0. The number of aromatic nitrogens is 1. The lowest BCUT2D eigenvalue weighted by Gasteiger charge is -2.30. The van der Waals surface area contributed by atoms with E-state index in [1.807, 2.05) is 59.2 Å². The van der Waals surface area contributed by atoms with Gasteiger partial charge in [0, 0.05) is 42.9 Å². The highest BCUT2D eigenvalue weighted by atomic mass is 15.1. The van der Waals surface area contributed by atoms with Crippen molar-refractivity contribution in [3.63, 3.8) is 0 Å². The second-order valence-electron chi connectivity index (χ2n) is 12.7. The Bertz CT molecular complexity index is 3930. The summed E-state index contributed by atoms with van der Waals surface area (Å²) in [6.07, 6.45) is 0. The predicted molar refractivity (Wildman–Crippen MR) is 224 cm³/mol. The molecule has 1 aliphatic rings. The van der Waals surface area contributed by atoms with Crippen molar-refractivity contribution in [1.82, 2.24) is 4.57 Å². The van der Waals surface area contributed by atoms with Crippen LogP contribution >= 0.6 is 0 Å². The predicted octanol–water partition coefficient (Wildman–Crippen LogP) is 13.9. The smallest absolute Gasteiger partial charge is 0.0651 e. The minimum atomic E-state index is -3.17. The summed E-state index contributed by atoms with van der Waals surface area (Å²) >= 11 is 0. The fourth-order valence-corrected chi connectivity index (χ4v) is 7.18. The fraction of sp³-hybridized carbons (Fsp3) is 0.0588. The third kappa shape index (κ3) is 5.02. The Hall–Kier alpha value is -6.64. The molecule has 0 amide bonds. The van der Waals surface area contributed by atoms with Crippen molar-refractivity contribution in [2.24, 2.45) is 0 Å². The van der Waals surface area contributed by atoms with Gasteiger partial charge in [-0.25, -0.2) is 0 Å². The topological polar surface area (TPSA) is 8.17 Å². The van der Waals surface area contributed by atoms with Crippen molar-refractivity contribution in [2.75, 3.05) is 4.90 Å². The van der Waals surface area contributed by atoms with E-state index in [1.54, 1.807) is 18.2 Å². The number of hydrogen-bond donors (Lipinski definition) is 0. The SMILES string of the molecule is [2H]c1cc(-c2c([2H])c([2H])c([2H])c([2H])c2[2H])c(N(c2cc3c(c([2H])c2[2H])-c2c([2H])c([2H])c([2H])c([2H])c2C3(C)C([2H])([2H])[2H])c2c([2H])c([2H])c([2H])c(-c3ccc4c(c3)c3ccccc3n4-c3ccccc3)c2[2H])c([2H])c1[2H]. The normalized spacial score (nSPS) is 20.5. The van der Waals surface area contributed by atoms with Crippen LogP contribution in [0.25, 0.3) is 60.9 Å². The number of benzene rings is 8. The molecule has 0 fully saturated rings. The van der Waals surface area contributed by atoms with E-state index in [0.717, 1.165) is 39.1 Å². The number of hydrogen-bond acceptors (Lipinski definition) is 1. The van der Waals surface area contributed by atoms with Crippen LogP contribution in [0.4, 0.5) is 17.1 Å². The molecule has 0 radical (unpaired) electrons. The summed E-state index contributed by atoms with van der Waals surface area (Å²) in [6.45, 7) is -1.99. The third-order valence-electron chi connectivity index (χ3n) is 9.61. The molecule has 0 bridgehead atoms. The van der Waals surface area contributed by atoms with Crippen molar-refractivity contribution in [3.05, 3.63) is 205 Å². The maximum atomic E-state index is 10.1. The van der Waals surface area contributed by atoms with Gasteiger partial charge in [-0.2, -0.15) is 0 Å². The van der Waals surface area contributed by atoms with Crippen LogP contribution in [0.2, 0.25) is 0 Å². The molecule has 1 atom stereocenters. The van der Waals surface area contributed by atoms with Crippen LogP contribution in [0.15, 0.2) is 194 Å². The van der Waals surface area contributed by atoms with Crippen molar-refractivity contribution in [2.45, 2.75) is 19.2 Å². The molecule has 1 unspecified atom stereocenters. The van der Waals surface area contributed by atoms with Crippen molar-refractivity contribution >= 4 is 38.9 Å². The Labute approximate surface area is 340 Å². The van der Waals surface area contributed by atoms with E-state index in [4.69, 9.17) is 19.2 Å². The van der Waals surface area contributed by atoms with Gasteiger partial charge in [-0.1, -0.05) is 147 Å². The van der Waals surface area contributed by atoms with Crippen LogP contribution in [0.5, 0.6) is 0 Å². The minimum absolute atomic E-state index is 0.188. The molecule has 0 saturated carbocycles. The molecule has 252 valence electrons. The van der Waals surface area contributed by atoms with Crippen LogP contribution in [0.1, 0.15) is 53.7 Å². The molecule has 0 N–H and O–H groups in total. The molecule has 1 aliphatic carbocycles. The zero-order chi connectivity index (χ0) is 53.7. The standard InChI is InChI=1S/C51H38N2/c1-51(2)46-25-12-9-23-42(46)43-30-29-40(34-47(43)51)52(48-26-13-10-22-41(48)35-16-5-3-6-17-35)39-21-15-18-36(32-39)37-28-31-50-45(33-37)44-24-11-14-27-49(44)53(50)38-19-7-4-8-20-38/h3-34H,1-2H3/i1D3,3D,5D,6D,9D,10D,12D,13D,15D,16D,17D,18D,21D,23D,25D,26D,29D,30D,32D. The third-order valence-corrected chi connectivity index (χ3v) is 9.61. The van der Waals surface area contributed by atoms with Gasteiger partial charge in [-0.15, -0.1) is 0 Å². The first-order chi connectivity index (χ1) is 34.8. The monoisotopic (exact) mass is 699 g/mol. The highest BCUT2D eigenvalue weighted by Crippen LogP contribution is 2.51. The molecular formula is C51H38N2. The quantitative estimate of drug-likeness (QED) is 0.168. The molecule has 0 aliphatic heterocycles. The highest BCUT2D eigenvalue weighted by Gasteiger charge is 2.36. The van der Waals surface area contributed by atoms with Crippen LogP contribution in [-0.2, 0) is 5.41 Å². The molecule has 1 aromatic heterocycles. The van der Waals surface area contributed by atoms with Gasteiger partial charge in [-0.05, 0) is 99.5 Å². The summed E-state index contributed by atoms with van der Waals surface area (Å²) in [5.74, 6) is 0. The van der Waals surface area contributed by atoms with Crippen LogP contribution in [-0.4, -0.2) is 4.57 Å². The molecule has 0 spiro atoms. The lowest BCUT2D eigenvalue weighted by Crippen LogP contribution is -2.17. The van der Waals surface area contributed by atoms with Gasteiger partial charge in [0.1, 0.15) is 0 Å². The second kappa shape index (κ2) is 12.3. The van der Waals surface area contributed by atoms with E-state index >= 15 is 0 Å². The van der Waals surface area contributed by atoms with Crippen LogP contribution < -0.4 is 4.90 Å². The van der Waals surface area contributed by atoms with Gasteiger partial charge in [-0.3, -0.25) is 0 Å². The van der Waals surface area contributed by atoms with Crippen molar-refractivity contribution in [3.8, 4) is 39.1 Å². The molecule has 1 heterocycles. The van der Waals surface area contributed by atoms with E-state index in [9.17, 15) is 9.60 Å². The average molecular weight is 700 g/mol. The van der Waals surface area contributed by atoms with Gasteiger partial charge < -0.3 is 9.47 Å². The number of fused-ring (bicyclic) bond motifs is 6. The van der Waals surface area contributed by atoms with Crippen molar-refractivity contribution in [1.29, 1.82) is 0 Å². The van der Waals surface area contributed by atoms with E-state index < -0.39 is 155 Å². The summed E-state index contributed by atoms with van der Waals surface area (Å²) < 4.78 is 193. The zero-order valence-electron chi connectivity index (χ0n) is 49.0. The largest absolute Gasteiger partial charge is 0.310 e. The van der Waals surface area contributed by atoms with Gasteiger partial charge >= 0.3 is 0 Å². The molecule has 9 aromatic rings. The maximum absolute atomic E-state index is 10.1. The Morgan fingerprint density at radius 2 is 1.28 bits per heavy atom. The van der Waals surface area contributed by atoms with Gasteiger partial charge in [0.05, 0.1) is 41.4 Å². The first-order valence-corrected chi connectivity index (χ1v) is 16.7. The number of nitrogens with zero attached hydrogens (tertiary/aromatic N) is 2. The summed E-state index contributed by atoms with van der Waals surface area (Å²) in [6, 6.07) is 9.83. The second-order valence-corrected chi connectivity index (χ2v) is 12.7. The number of para-hydroxylation sites is 3. The zero-order valence-corrected chi connectivity index (χ0v) is 28.0.